The summed E-state index contributed by atoms with van der Waals surface area (Å²) in [6, 6.07) is 1.20. The van der Waals surface area contributed by atoms with Crippen LogP contribution in [-0.4, -0.2) is 30.0 Å². The van der Waals surface area contributed by atoms with Gasteiger partial charge in [-0.25, -0.2) is 13.2 Å². The maximum atomic E-state index is 13.3. The first kappa shape index (κ1) is 14.2. The Morgan fingerprint density at radius 2 is 2.21 bits per heavy atom. The van der Waals surface area contributed by atoms with Gasteiger partial charge in [0.05, 0.1) is 5.69 Å². The van der Waals surface area contributed by atoms with Crippen molar-refractivity contribution in [1.29, 1.82) is 0 Å². The van der Waals surface area contributed by atoms with Crippen molar-refractivity contribution in [3.05, 3.63) is 29.6 Å². The van der Waals surface area contributed by atoms with Crippen molar-refractivity contribution < 1.29 is 18.0 Å². The van der Waals surface area contributed by atoms with Crippen molar-refractivity contribution in [1.82, 2.24) is 5.32 Å². The van der Waals surface area contributed by atoms with E-state index in [-0.39, 0.29) is 12.5 Å². The number of rotatable bonds is 3. The van der Waals surface area contributed by atoms with Crippen molar-refractivity contribution in [3.63, 3.8) is 0 Å². The molecular weight excluding hydrogens is 277 g/mol. The number of hydrogen-bond acceptors (Lipinski definition) is 3. The number of thioether (sulfide) groups is 1. The molecular formula is C12H13F3N2OS. The minimum atomic E-state index is -1.32. The summed E-state index contributed by atoms with van der Waals surface area (Å²) in [6.45, 7) is 0.811. The third kappa shape index (κ3) is 3.87. The van der Waals surface area contributed by atoms with Gasteiger partial charge in [0.2, 0.25) is 5.91 Å². The Labute approximate surface area is 112 Å². The summed E-state index contributed by atoms with van der Waals surface area (Å²) >= 11 is 1.72. The molecule has 0 radical (unpaired) electrons. The van der Waals surface area contributed by atoms with Gasteiger partial charge in [0.1, 0.15) is 5.82 Å². The van der Waals surface area contributed by atoms with E-state index in [1.807, 2.05) is 0 Å². The topological polar surface area (TPSA) is 41.1 Å². The maximum absolute atomic E-state index is 13.3. The molecule has 0 bridgehead atoms. The first-order valence-electron chi connectivity index (χ1n) is 5.82. The molecule has 1 fully saturated rings. The lowest BCUT2D eigenvalue weighted by molar-refractivity contribution is -0.116. The molecule has 2 N–H and O–H groups in total. The predicted octanol–water partition coefficient (Wildman–Crippen LogP) is 2.14. The second kappa shape index (κ2) is 6.29. The van der Waals surface area contributed by atoms with Gasteiger partial charge < -0.3 is 10.6 Å². The fourth-order valence-electron chi connectivity index (χ4n) is 1.82. The Kier molecular flexibility index (Phi) is 4.71. The number of hydrogen-bond donors (Lipinski definition) is 2. The molecule has 1 heterocycles. The molecule has 1 aromatic carbocycles. The Bertz CT molecular complexity index is 478. The summed E-state index contributed by atoms with van der Waals surface area (Å²) in [5.74, 6) is -2.19. The molecule has 2 rings (SSSR count). The Morgan fingerprint density at radius 3 is 2.89 bits per heavy atom. The third-order valence-corrected chi connectivity index (χ3v) is 3.83. The van der Waals surface area contributed by atoms with Gasteiger partial charge in [0.25, 0.3) is 0 Å². The van der Waals surface area contributed by atoms with Gasteiger partial charge in [-0.3, -0.25) is 4.79 Å². The molecule has 0 saturated carbocycles. The third-order valence-electron chi connectivity index (χ3n) is 2.70. The van der Waals surface area contributed by atoms with Crippen LogP contribution >= 0.6 is 11.8 Å². The average Bonchev–Trinajstić information content (AvgIpc) is 2.36. The van der Waals surface area contributed by atoms with E-state index in [2.05, 4.69) is 10.6 Å². The highest BCUT2D eigenvalue weighted by Crippen LogP contribution is 2.20. The molecule has 1 amide bonds. The lowest BCUT2D eigenvalue weighted by Gasteiger charge is -2.22. The van der Waals surface area contributed by atoms with Crippen LogP contribution in [0.15, 0.2) is 12.1 Å². The summed E-state index contributed by atoms with van der Waals surface area (Å²) in [7, 11) is 0. The highest BCUT2D eigenvalue weighted by Gasteiger charge is 2.19. The van der Waals surface area contributed by atoms with Crippen molar-refractivity contribution in [2.45, 2.75) is 12.5 Å². The van der Waals surface area contributed by atoms with Gasteiger partial charge in [0, 0.05) is 42.6 Å². The van der Waals surface area contributed by atoms with E-state index >= 15 is 0 Å². The van der Waals surface area contributed by atoms with Gasteiger partial charge in [-0.2, -0.15) is 11.8 Å². The number of anilines is 1. The fraction of sp³-hybridized carbons (Fsp3) is 0.417. The molecule has 1 aromatic rings. The number of carbonyl (C=O) groups excluding carboxylic acids is 1. The maximum Gasteiger partial charge on any atom is 0.226 e. The molecule has 1 unspecified atom stereocenters. The summed E-state index contributed by atoms with van der Waals surface area (Å²) < 4.78 is 39.3. The second-order valence-electron chi connectivity index (χ2n) is 4.23. The SMILES string of the molecule is O=C(CC1CSCCN1)Nc1cc(F)cc(F)c1F. The quantitative estimate of drug-likeness (QED) is 0.838. The zero-order valence-corrected chi connectivity index (χ0v) is 10.8. The zero-order chi connectivity index (χ0) is 13.8. The highest BCUT2D eigenvalue weighted by molar-refractivity contribution is 7.99. The van der Waals surface area contributed by atoms with E-state index in [1.165, 1.54) is 0 Å². The molecule has 1 aliphatic heterocycles. The lowest BCUT2D eigenvalue weighted by atomic mass is 10.2. The second-order valence-corrected chi connectivity index (χ2v) is 5.38. The van der Waals surface area contributed by atoms with E-state index in [1.54, 1.807) is 11.8 Å². The molecule has 1 aliphatic rings. The Hall–Kier alpha value is -1.21. The van der Waals surface area contributed by atoms with Crippen LogP contribution in [0.3, 0.4) is 0 Å². The van der Waals surface area contributed by atoms with Gasteiger partial charge in [0.15, 0.2) is 11.6 Å². The molecule has 7 heteroatoms. The molecule has 1 atom stereocenters. The smallest absolute Gasteiger partial charge is 0.226 e. The van der Waals surface area contributed by atoms with E-state index in [0.29, 0.717) is 6.07 Å². The minimum absolute atomic E-state index is 0.000201. The monoisotopic (exact) mass is 290 g/mol. The summed E-state index contributed by atoms with van der Waals surface area (Å²) in [4.78, 5) is 11.7. The van der Waals surface area contributed by atoms with E-state index in [4.69, 9.17) is 0 Å². The summed E-state index contributed by atoms with van der Waals surface area (Å²) in [5.41, 5.74) is -0.467. The first-order valence-corrected chi connectivity index (χ1v) is 6.97. The van der Waals surface area contributed by atoms with Crippen LogP contribution < -0.4 is 10.6 Å². The summed E-state index contributed by atoms with van der Waals surface area (Å²) in [6.07, 6.45) is 0.143. The number of nitrogens with one attached hydrogen (secondary N) is 2. The Balaban J connectivity index is 1.98. The van der Waals surface area contributed by atoms with Crippen LogP contribution in [0.5, 0.6) is 0 Å². The van der Waals surface area contributed by atoms with Gasteiger partial charge in [-0.15, -0.1) is 0 Å². The van der Waals surface area contributed by atoms with Crippen LogP contribution in [0.25, 0.3) is 0 Å². The van der Waals surface area contributed by atoms with Crippen LogP contribution in [0.1, 0.15) is 6.42 Å². The molecule has 104 valence electrons. The van der Waals surface area contributed by atoms with Crippen LogP contribution in [0.4, 0.5) is 18.9 Å². The van der Waals surface area contributed by atoms with Crippen molar-refractivity contribution >= 4 is 23.4 Å². The number of benzene rings is 1. The van der Waals surface area contributed by atoms with Gasteiger partial charge >= 0.3 is 0 Å². The zero-order valence-electron chi connectivity index (χ0n) is 10.0. The average molecular weight is 290 g/mol. The predicted molar refractivity (Wildman–Crippen MR) is 68.7 cm³/mol. The van der Waals surface area contributed by atoms with Crippen LogP contribution in [0, 0.1) is 17.5 Å². The Morgan fingerprint density at radius 1 is 1.42 bits per heavy atom. The van der Waals surface area contributed by atoms with Gasteiger partial charge in [-0.1, -0.05) is 0 Å². The molecule has 19 heavy (non-hydrogen) atoms. The number of carbonyl (C=O) groups is 1. The van der Waals surface area contributed by atoms with Crippen molar-refractivity contribution in [2.24, 2.45) is 0 Å². The first-order chi connectivity index (χ1) is 9.06. The largest absolute Gasteiger partial charge is 0.323 e. The normalized spacial score (nSPS) is 19.2. The number of amides is 1. The standard InChI is InChI=1S/C12H13F3N2OS/c13-7-3-9(14)12(15)10(4-7)17-11(18)5-8-6-19-2-1-16-8/h3-4,8,16H,1-2,5-6H2,(H,17,18). The van der Waals surface area contributed by atoms with Crippen LogP contribution in [-0.2, 0) is 4.79 Å². The minimum Gasteiger partial charge on any atom is -0.323 e. The van der Waals surface area contributed by atoms with Crippen LogP contribution in [0.2, 0.25) is 0 Å². The van der Waals surface area contributed by atoms with E-state index in [9.17, 15) is 18.0 Å². The fourth-order valence-corrected chi connectivity index (χ4v) is 2.77. The molecule has 0 spiro atoms. The van der Waals surface area contributed by atoms with Gasteiger partial charge in [-0.05, 0) is 0 Å². The number of halogens is 3. The molecule has 0 aliphatic carbocycles. The molecule has 0 aromatic heterocycles. The lowest BCUT2D eigenvalue weighted by Crippen LogP contribution is -2.40. The molecule has 1 saturated heterocycles. The summed E-state index contributed by atoms with van der Waals surface area (Å²) in [5, 5.41) is 5.35. The molecule has 3 nitrogen and oxygen atoms in total. The van der Waals surface area contributed by atoms with E-state index < -0.39 is 29.0 Å². The van der Waals surface area contributed by atoms with Crippen molar-refractivity contribution in [2.75, 3.05) is 23.4 Å². The van der Waals surface area contributed by atoms with E-state index in [0.717, 1.165) is 24.1 Å². The highest BCUT2D eigenvalue weighted by atomic mass is 32.2. The van der Waals surface area contributed by atoms with Crippen molar-refractivity contribution in [3.8, 4) is 0 Å².